The van der Waals surface area contributed by atoms with Gasteiger partial charge in [0.15, 0.2) is 34.9 Å². The molecule has 23 aromatic rings. The van der Waals surface area contributed by atoms with E-state index in [0.29, 0.717) is 34.9 Å². The quantitative estimate of drug-likeness (QED) is 0.127. The highest BCUT2D eigenvalue weighted by Crippen LogP contribution is 2.47. The van der Waals surface area contributed by atoms with Gasteiger partial charge >= 0.3 is 0 Å². The minimum atomic E-state index is 0.640. The number of thiophene rings is 2. The monoisotopic (exact) mass is 1480 g/mol. The lowest BCUT2D eigenvalue weighted by Gasteiger charge is -2.16. The molecule has 0 radical (unpaired) electrons. The van der Waals surface area contributed by atoms with E-state index in [0.717, 1.165) is 82.4 Å². The Balaban J connectivity index is 0.000000139. The molecule has 4 aromatic heterocycles. The summed E-state index contributed by atoms with van der Waals surface area (Å²) in [6.07, 6.45) is 0. The van der Waals surface area contributed by atoms with Crippen molar-refractivity contribution in [2.45, 2.75) is 0 Å². The summed E-state index contributed by atoms with van der Waals surface area (Å²) in [6, 6.07) is 139. The SMILES string of the molecule is c1ccc(-c2ccc3ccccc3c2-c2nc(-c3ccc(-c4ccc5ccccc5c4)c4ccccc34)nc(-c3cccc4c3sc3ccccc34)n2)cc1.c1ccc2cc(-c3ccc(-c4nc(-c5ccc(-c6cc7ccccc7c7ccccc67)cc5)nc(-c5cccc6c5sc5ccccc56)n4)c4ccccc34)ccc2c1. The molecule has 8 heteroatoms. The molecule has 0 fully saturated rings. The van der Waals surface area contributed by atoms with E-state index in [-0.39, 0.29) is 0 Å². The van der Waals surface area contributed by atoms with Gasteiger partial charge in [0.25, 0.3) is 0 Å². The van der Waals surface area contributed by atoms with E-state index in [9.17, 15) is 0 Å². The minimum Gasteiger partial charge on any atom is -0.208 e. The maximum Gasteiger partial charge on any atom is 0.165 e. The van der Waals surface area contributed by atoms with Gasteiger partial charge in [-0.15, -0.1) is 22.7 Å². The first kappa shape index (κ1) is 66.4. The van der Waals surface area contributed by atoms with Crippen molar-refractivity contribution in [2.24, 2.45) is 0 Å². The molecule has 6 nitrogen and oxygen atoms in total. The van der Waals surface area contributed by atoms with Crippen LogP contribution in [-0.4, -0.2) is 29.9 Å². The molecule has 530 valence electrons. The van der Waals surface area contributed by atoms with Crippen molar-refractivity contribution in [3.05, 3.63) is 388 Å². The van der Waals surface area contributed by atoms with Crippen LogP contribution in [0.2, 0.25) is 0 Å². The van der Waals surface area contributed by atoms with Crippen LogP contribution in [0.5, 0.6) is 0 Å². The van der Waals surface area contributed by atoms with Gasteiger partial charge in [0.05, 0.1) is 0 Å². The zero-order valence-electron chi connectivity index (χ0n) is 61.5. The Bertz CT molecular complexity index is 7820. The molecule has 0 amide bonds. The first-order valence-corrected chi connectivity index (χ1v) is 40.1. The Labute approximate surface area is 664 Å². The highest BCUT2D eigenvalue weighted by atomic mass is 32.1. The average molecular weight is 1490 g/mol. The van der Waals surface area contributed by atoms with Crippen molar-refractivity contribution in [1.29, 1.82) is 0 Å². The van der Waals surface area contributed by atoms with Gasteiger partial charge in [-0.1, -0.05) is 334 Å². The largest absolute Gasteiger partial charge is 0.208 e. The predicted molar refractivity (Wildman–Crippen MR) is 482 cm³/mol. The van der Waals surface area contributed by atoms with E-state index in [2.05, 4.69) is 388 Å². The Morgan fingerprint density at radius 1 is 0.149 bits per heavy atom. The van der Waals surface area contributed by atoms with Crippen molar-refractivity contribution in [3.8, 4) is 113 Å². The lowest BCUT2D eigenvalue weighted by atomic mass is 9.92. The number of hydrogen-bond acceptors (Lipinski definition) is 8. The molecular weight excluding hydrogens is 1420 g/mol. The first-order chi connectivity index (χ1) is 56.5. The Morgan fingerprint density at radius 3 is 1.03 bits per heavy atom. The van der Waals surface area contributed by atoms with Crippen LogP contribution in [0, 0.1) is 0 Å². The molecule has 0 saturated carbocycles. The third-order valence-corrected chi connectivity index (χ3v) is 24.9. The zero-order chi connectivity index (χ0) is 75.2. The van der Waals surface area contributed by atoms with Crippen molar-refractivity contribution in [2.75, 3.05) is 0 Å². The van der Waals surface area contributed by atoms with Gasteiger partial charge in [0.1, 0.15) is 0 Å². The lowest BCUT2D eigenvalue weighted by molar-refractivity contribution is 1.08. The molecule has 0 N–H and O–H groups in total. The van der Waals surface area contributed by atoms with Gasteiger partial charge in [-0.3, -0.25) is 0 Å². The number of rotatable bonds is 10. The van der Waals surface area contributed by atoms with E-state index in [4.69, 9.17) is 29.9 Å². The highest BCUT2D eigenvalue weighted by molar-refractivity contribution is 7.26. The third-order valence-electron chi connectivity index (χ3n) is 22.5. The molecule has 19 aromatic carbocycles. The van der Waals surface area contributed by atoms with Gasteiger partial charge in [0, 0.05) is 73.7 Å². The second kappa shape index (κ2) is 27.8. The van der Waals surface area contributed by atoms with Crippen LogP contribution < -0.4 is 0 Å². The van der Waals surface area contributed by atoms with Crippen LogP contribution in [0.3, 0.4) is 0 Å². The molecule has 0 aliphatic heterocycles. The number of aromatic nitrogens is 6. The number of fused-ring (bicyclic) bond motifs is 14. The normalized spacial score (nSPS) is 11.7. The van der Waals surface area contributed by atoms with Crippen molar-refractivity contribution in [1.82, 2.24) is 29.9 Å². The second-order valence-corrected chi connectivity index (χ2v) is 31.2. The standard InChI is InChI=1S/C55H33N3S.C51H31N3S/c1-2-13-37-32-39(29-24-34(37)12-1)41-30-31-48(44-18-7-5-17-43(41)44)54-56-53(57-55(58-54)49-22-11-21-47-46-20-9-10-23-51(46)59-52(47)49)36-27-25-35(26-28-36)50-33-38-14-3-4-15-40(38)42-16-6-8-19-45(42)50;1-2-14-33(15-3-1)39-28-27-34-16-6-7-18-38(34)47(39)51-53-49(52-50(54-51)45-23-12-22-43-42-21-10-11-24-46(42)55-48(43)45)44-30-29-37(40-19-8-9-20-41(40)44)36-26-25-32-13-4-5-17-35(32)31-36/h1-33H;1-31H. The van der Waals surface area contributed by atoms with Crippen LogP contribution in [-0.2, 0) is 0 Å². The van der Waals surface area contributed by atoms with Crippen molar-refractivity contribution in [3.63, 3.8) is 0 Å². The van der Waals surface area contributed by atoms with Crippen LogP contribution in [0.1, 0.15) is 0 Å². The number of nitrogens with zero attached hydrogens (tertiary/aromatic N) is 6. The van der Waals surface area contributed by atoms with E-state index in [1.54, 1.807) is 22.7 Å². The Hall–Kier alpha value is -14.5. The maximum absolute atomic E-state index is 5.43. The highest BCUT2D eigenvalue weighted by Gasteiger charge is 2.24. The van der Waals surface area contributed by atoms with E-state index >= 15 is 0 Å². The van der Waals surface area contributed by atoms with Crippen molar-refractivity contribution < 1.29 is 0 Å². The Kier molecular flexibility index (Phi) is 16.2. The zero-order valence-corrected chi connectivity index (χ0v) is 63.1. The van der Waals surface area contributed by atoms with Crippen molar-refractivity contribution >= 4 is 138 Å². The predicted octanol–water partition coefficient (Wildman–Crippen LogP) is 29.2. The summed E-state index contributed by atoms with van der Waals surface area (Å²) >= 11 is 3.58. The molecule has 0 bridgehead atoms. The van der Waals surface area contributed by atoms with Crippen LogP contribution >= 0.6 is 22.7 Å². The summed E-state index contributed by atoms with van der Waals surface area (Å²) in [5, 5.41) is 21.5. The van der Waals surface area contributed by atoms with Gasteiger partial charge in [-0.2, -0.15) is 0 Å². The summed E-state index contributed by atoms with van der Waals surface area (Å²) < 4.78 is 4.84. The summed E-state index contributed by atoms with van der Waals surface area (Å²) in [5.41, 5.74) is 15.1. The van der Waals surface area contributed by atoms with E-state index in [1.807, 2.05) is 0 Å². The van der Waals surface area contributed by atoms with Gasteiger partial charge in [-0.25, -0.2) is 29.9 Å². The third kappa shape index (κ3) is 11.6. The van der Waals surface area contributed by atoms with Gasteiger partial charge < -0.3 is 0 Å². The summed E-state index contributed by atoms with van der Waals surface area (Å²) in [7, 11) is 0. The molecule has 0 aliphatic rings. The molecule has 0 saturated heterocycles. The fourth-order valence-corrected chi connectivity index (χ4v) is 19.4. The molecule has 0 atom stereocenters. The molecular formula is C106H64N6S2. The van der Waals surface area contributed by atoms with E-state index < -0.39 is 0 Å². The number of benzene rings is 19. The molecule has 0 aliphatic carbocycles. The van der Waals surface area contributed by atoms with Gasteiger partial charge in [0.2, 0.25) is 0 Å². The van der Waals surface area contributed by atoms with Crippen LogP contribution in [0.15, 0.2) is 388 Å². The second-order valence-electron chi connectivity index (χ2n) is 29.1. The molecule has 0 spiro atoms. The van der Waals surface area contributed by atoms with Gasteiger partial charge in [-0.05, 0) is 175 Å². The maximum atomic E-state index is 5.43. The fraction of sp³-hybridized carbons (Fsp3) is 0. The van der Waals surface area contributed by atoms with Crippen LogP contribution in [0.25, 0.3) is 229 Å². The van der Waals surface area contributed by atoms with E-state index in [1.165, 1.54) is 111 Å². The molecule has 114 heavy (non-hydrogen) atoms. The molecule has 0 unspecified atom stereocenters. The minimum absolute atomic E-state index is 0.640. The smallest absolute Gasteiger partial charge is 0.165 e. The average Bonchev–Trinajstić information content (AvgIpc) is 1.32. The topological polar surface area (TPSA) is 77.3 Å². The fourth-order valence-electron chi connectivity index (χ4n) is 17.0. The Morgan fingerprint density at radius 2 is 0.491 bits per heavy atom. The summed E-state index contributed by atoms with van der Waals surface area (Å²) in [4.78, 5) is 32.1. The molecule has 23 rings (SSSR count). The summed E-state index contributed by atoms with van der Waals surface area (Å²) in [5.74, 6) is 3.90. The molecule has 4 heterocycles. The summed E-state index contributed by atoms with van der Waals surface area (Å²) in [6.45, 7) is 0. The first-order valence-electron chi connectivity index (χ1n) is 38.5. The van der Waals surface area contributed by atoms with Crippen LogP contribution in [0.4, 0.5) is 0 Å². The number of hydrogen-bond donors (Lipinski definition) is 0. The lowest BCUT2D eigenvalue weighted by Crippen LogP contribution is -2.02.